The SMILES string of the molecule is CNCCC(=O)Nc1ccc(CNC(C)=O)cc1.Cl. The van der Waals surface area contributed by atoms with Gasteiger partial charge in [-0.1, -0.05) is 12.1 Å². The van der Waals surface area contributed by atoms with Gasteiger partial charge in [-0.25, -0.2) is 0 Å². The number of amides is 2. The van der Waals surface area contributed by atoms with Crippen molar-refractivity contribution in [2.75, 3.05) is 18.9 Å². The zero-order valence-electron chi connectivity index (χ0n) is 11.2. The Morgan fingerprint density at radius 3 is 2.32 bits per heavy atom. The summed E-state index contributed by atoms with van der Waals surface area (Å²) in [7, 11) is 1.81. The molecule has 0 aliphatic carbocycles. The highest BCUT2D eigenvalue weighted by Gasteiger charge is 2.01. The van der Waals surface area contributed by atoms with Crippen molar-refractivity contribution in [2.24, 2.45) is 0 Å². The van der Waals surface area contributed by atoms with Crippen LogP contribution in [0.25, 0.3) is 0 Å². The van der Waals surface area contributed by atoms with Crippen LogP contribution in [0.3, 0.4) is 0 Å². The molecule has 5 nitrogen and oxygen atoms in total. The molecule has 0 saturated heterocycles. The minimum Gasteiger partial charge on any atom is -0.352 e. The number of hydrogen-bond donors (Lipinski definition) is 3. The summed E-state index contributed by atoms with van der Waals surface area (Å²) >= 11 is 0. The molecule has 0 bridgehead atoms. The van der Waals surface area contributed by atoms with Gasteiger partial charge in [-0.05, 0) is 24.7 Å². The Hall–Kier alpha value is -1.59. The van der Waals surface area contributed by atoms with Crippen molar-refractivity contribution in [1.82, 2.24) is 10.6 Å². The predicted octanol–water partition coefficient (Wildman–Crippen LogP) is 1.29. The Morgan fingerprint density at radius 1 is 1.16 bits per heavy atom. The van der Waals surface area contributed by atoms with Crippen molar-refractivity contribution < 1.29 is 9.59 Å². The number of benzene rings is 1. The molecule has 2 amide bonds. The van der Waals surface area contributed by atoms with E-state index in [1.165, 1.54) is 6.92 Å². The molecule has 0 unspecified atom stereocenters. The molecule has 0 spiro atoms. The lowest BCUT2D eigenvalue weighted by Gasteiger charge is -2.07. The third-order valence-corrected chi connectivity index (χ3v) is 2.38. The summed E-state index contributed by atoms with van der Waals surface area (Å²) in [6.07, 6.45) is 0.449. The second kappa shape index (κ2) is 9.35. The standard InChI is InChI=1S/C13H19N3O2.ClH/c1-10(17)15-9-11-3-5-12(6-4-11)16-13(18)7-8-14-2;/h3-6,14H,7-9H2,1-2H3,(H,15,17)(H,16,18);1H. The maximum atomic E-state index is 11.5. The molecule has 0 aromatic heterocycles. The van der Waals surface area contributed by atoms with E-state index in [1.807, 2.05) is 31.3 Å². The zero-order chi connectivity index (χ0) is 13.4. The maximum absolute atomic E-state index is 11.5. The summed E-state index contributed by atoms with van der Waals surface area (Å²) in [4.78, 5) is 22.2. The minimum atomic E-state index is -0.0561. The number of hydrogen-bond acceptors (Lipinski definition) is 3. The average Bonchev–Trinajstić information content (AvgIpc) is 2.35. The first-order valence-electron chi connectivity index (χ1n) is 5.89. The third-order valence-electron chi connectivity index (χ3n) is 2.38. The number of halogens is 1. The van der Waals surface area contributed by atoms with Gasteiger partial charge in [0.2, 0.25) is 11.8 Å². The smallest absolute Gasteiger partial charge is 0.225 e. The molecule has 0 radical (unpaired) electrons. The maximum Gasteiger partial charge on any atom is 0.225 e. The van der Waals surface area contributed by atoms with Crippen LogP contribution in [0.1, 0.15) is 18.9 Å². The van der Waals surface area contributed by atoms with Crippen LogP contribution in [0, 0.1) is 0 Å². The van der Waals surface area contributed by atoms with Crippen molar-refractivity contribution in [3.8, 4) is 0 Å². The van der Waals surface area contributed by atoms with Gasteiger partial charge >= 0.3 is 0 Å². The first kappa shape index (κ1) is 17.4. The predicted molar refractivity (Wildman–Crippen MR) is 78.4 cm³/mol. The Kier molecular flexibility index (Phi) is 8.57. The molecule has 19 heavy (non-hydrogen) atoms. The molecule has 0 fully saturated rings. The van der Waals surface area contributed by atoms with Crippen molar-refractivity contribution in [1.29, 1.82) is 0 Å². The summed E-state index contributed by atoms with van der Waals surface area (Å²) in [6.45, 7) is 2.64. The fourth-order valence-electron chi connectivity index (χ4n) is 1.39. The van der Waals surface area contributed by atoms with Crippen LogP contribution in [0.5, 0.6) is 0 Å². The Morgan fingerprint density at radius 2 is 1.79 bits per heavy atom. The van der Waals surface area contributed by atoms with Crippen LogP contribution in [0.2, 0.25) is 0 Å². The lowest BCUT2D eigenvalue weighted by molar-refractivity contribution is -0.119. The summed E-state index contributed by atoms with van der Waals surface area (Å²) in [5.74, 6) is -0.0709. The highest BCUT2D eigenvalue weighted by molar-refractivity contribution is 5.90. The number of nitrogens with one attached hydrogen (secondary N) is 3. The van der Waals surface area contributed by atoms with Crippen molar-refractivity contribution >= 4 is 29.9 Å². The van der Waals surface area contributed by atoms with Gasteiger partial charge in [-0.2, -0.15) is 0 Å². The Balaban J connectivity index is 0.00000324. The first-order chi connectivity index (χ1) is 8.61. The fourth-order valence-corrected chi connectivity index (χ4v) is 1.39. The second-order valence-corrected chi connectivity index (χ2v) is 4.01. The van der Waals surface area contributed by atoms with E-state index in [9.17, 15) is 9.59 Å². The monoisotopic (exact) mass is 285 g/mol. The molecule has 1 aromatic carbocycles. The lowest BCUT2D eigenvalue weighted by Crippen LogP contribution is -2.19. The van der Waals surface area contributed by atoms with Crippen LogP contribution < -0.4 is 16.0 Å². The van der Waals surface area contributed by atoms with E-state index in [1.54, 1.807) is 0 Å². The number of carbonyl (C=O) groups excluding carboxylic acids is 2. The summed E-state index contributed by atoms with van der Waals surface area (Å²) in [5, 5.41) is 8.44. The van der Waals surface area contributed by atoms with E-state index in [0.717, 1.165) is 11.3 Å². The summed E-state index contributed by atoms with van der Waals surface area (Å²) in [6, 6.07) is 7.41. The molecule has 0 aliphatic rings. The van der Waals surface area contributed by atoms with Crippen molar-refractivity contribution in [3.05, 3.63) is 29.8 Å². The molecular formula is C13H20ClN3O2. The lowest BCUT2D eigenvalue weighted by atomic mass is 10.2. The van der Waals surface area contributed by atoms with Crippen LogP contribution in [-0.4, -0.2) is 25.4 Å². The van der Waals surface area contributed by atoms with E-state index < -0.39 is 0 Å². The molecule has 0 aliphatic heterocycles. The van der Waals surface area contributed by atoms with Crippen molar-refractivity contribution in [3.63, 3.8) is 0 Å². The second-order valence-electron chi connectivity index (χ2n) is 4.01. The van der Waals surface area contributed by atoms with Gasteiger partial charge in [0.15, 0.2) is 0 Å². The normalized spacial score (nSPS) is 9.37. The van der Waals surface area contributed by atoms with Crippen LogP contribution in [0.15, 0.2) is 24.3 Å². The van der Waals surface area contributed by atoms with E-state index in [-0.39, 0.29) is 24.2 Å². The van der Waals surface area contributed by atoms with Gasteiger partial charge in [-0.3, -0.25) is 9.59 Å². The largest absolute Gasteiger partial charge is 0.352 e. The van der Waals surface area contributed by atoms with Gasteiger partial charge in [-0.15, -0.1) is 12.4 Å². The first-order valence-corrected chi connectivity index (χ1v) is 5.89. The molecule has 0 atom stereocenters. The zero-order valence-corrected chi connectivity index (χ0v) is 12.0. The van der Waals surface area contributed by atoms with Crippen molar-refractivity contribution in [2.45, 2.75) is 19.9 Å². The molecule has 3 N–H and O–H groups in total. The summed E-state index contributed by atoms with van der Waals surface area (Å²) < 4.78 is 0. The number of rotatable bonds is 6. The van der Waals surface area contributed by atoms with Crippen LogP contribution >= 0.6 is 12.4 Å². The summed E-state index contributed by atoms with van der Waals surface area (Å²) in [5.41, 5.74) is 1.76. The van der Waals surface area contributed by atoms with Gasteiger partial charge in [0.05, 0.1) is 0 Å². The van der Waals surface area contributed by atoms with Gasteiger partial charge in [0, 0.05) is 32.1 Å². The quantitative estimate of drug-likeness (QED) is 0.738. The Labute approximate surface area is 119 Å². The molecule has 0 heterocycles. The van der Waals surface area contributed by atoms with Gasteiger partial charge in [0.1, 0.15) is 0 Å². The highest BCUT2D eigenvalue weighted by atomic mass is 35.5. The Bertz CT molecular complexity index is 407. The molecule has 106 valence electrons. The minimum absolute atomic E-state index is 0. The van der Waals surface area contributed by atoms with Crippen LogP contribution in [-0.2, 0) is 16.1 Å². The molecule has 1 aromatic rings. The topological polar surface area (TPSA) is 70.2 Å². The average molecular weight is 286 g/mol. The number of anilines is 1. The van der Waals surface area contributed by atoms with Gasteiger partial charge < -0.3 is 16.0 Å². The van der Waals surface area contributed by atoms with E-state index >= 15 is 0 Å². The fraction of sp³-hybridized carbons (Fsp3) is 0.385. The number of carbonyl (C=O) groups is 2. The molecule has 6 heteroatoms. The molecule has 0 saturated carbocycles. The van der Waals surface area contributed by atoms with E-state index in [2.05, 4.69) is 16.0 Å². The third kappa shape index (κ3) is 7.43. The van der Waals surface area contributed by atoms with Crippen LogP contribution in [0.4, 0.5) is 5.69 Å². The molecule has 1 rings (SSSR count). The molecular weight excluding hydrogens is 266 g/mol. The van der Waals surface area contributed by atoms with E-state index in [4.69, 9.17) is 0 Å². The van der Waals surface area contributed by atoms with Gasteiger partial charge in [0.25, 0.3) is 0 Å². The van der Waals surface area contributed by atoms with E-state index in [0.29, 0.717) is 19.5 Å². The highest BCUT2D eigenvalue weighted by Crippen LogP contribution is 2.09.